The minimum absolute atomic E-state index is 0.0612. The number of aryl methyl sites for hydroxylation is 1. The van der Waals surface area contributed by atoms with E-state index in [-0.39, 0.29) is 17.7 Å². The molecule has 1 aromatic heterocycles. The molecule has 0 saturated carbocycles. The Bertz CT molecular complexity index is 1000. The Labute approximate surface area is 191 Å². The first-order chi connectivity index (χ1) is 15.2. The summed E-state index contributed by atoms with van der Waals surface area (Å²) in [7, 11) is 7.21. The summed E-state index contributed by atoms with van der Waals surface area (Å²) in [6.45, 7) is 7.03. The third-order valence-electron chi connectivity index (χ3n) is 5.59. The Morgan fingerprint density at radius 3 is 2.59 bits per heavy atom. The van der Waals surface area contributed by atoms with Gasteiger partial charge in [-0.2, -0.15) is 5.26 Å². The average molecular weight is 439 g/mol. The number of carbonyl (C=O) groups excluding carboxylic acids is 1. The molecule has 0 aliphatic rings. The van der Waals surface area contributed by atoms with E-state index in [2.05, 4.69) is 22.9 Å². The minimum Gasteiger partial charge on any atom is -0.497 e. The number of likely N-dealkylation sites (N-methyl/N-ethyl adjacent to an activating group) is 1. The third kappa shape index (κ3) is 6.00. The van der Waals surface area contributed by atoms with Crippen LogP contribution < -0.4 is 10.1 Å². The van der Waals surface area contributed by atoms with E-state index in [9.17, 15) is 10.1 Å². The van der Waals surface area contributed by atoms with Gasteiger partial charge in [0.05, 0.1) is 25.8 Å². The standard InChI is InChI=1S/C25H34N4O3/c1-17-11-21(19(3)29(17)18(2)16-31-6)12-22(14-26)25(30)27-15-24(28(4)5)20-9-8-10-23(13-20)32-7/h8-13,18,24H,15-16H2,1-7H3,(H,27,30)/b22-12+. The number of aromatic nitrogens is 1. The smallest absolute Gasteiger partial charge is 0.262 e. The highest BCUT2D eigenvalue weighted by Crippen LogP contribution is 2.24. The maximum atomic E-state index is 12.8. The van der Waals surface area contributed by atoms with Crippen molar-refractivity contribution in [3.63, 3.8) is 0 Å². The third-order valence-corrected chi connectivity index (χ3v) is 5.59. The maximum Gasteiger partial charge on any atom is 0.262 e. The summed E-state index contributed by atoms with van der Waals surface area (Å²) in [6, 6.07) is 11.9. The summed E-state index contributed by atoms with van der Waals surface area (Å²) in [6.07, 6.45) is 1.66. The zero-order valence-electron chi connectivity index (χ0n) is 20.1. The lowest BCUT2D eigenvalue weighted by Gasteiger charge is -2.25. The molecule has 7 heteroatoms. The van der Waals surface area contributed by atoms with Gasteiger partial charge in [0, 0.05) is 25.0 Å². The van der Waals surface area contributed by atoms with Gasteiger partial charge in [-0.25, -0.2) is 0 Å². The van der Waals surface area contributed by atoms with Crippen molar-refractivity contribution in [2.45, 2.75) is 32.9 Å². The molecule has 0 spiro atoms. The second kappa shape index (κ2) is 11.5. The van der Waals surface area contributed by atoms with Crippen molar-refractivity contribution < 1.29 is 14.3 Å². The zero-order valence-corrected chi connectivity index (χ0v) is 20.1. The van der Waals surface area contributed by atoms with Crippen molar-refractivity contribution in [2.75, 3.05) is 41.5 Å². The first-order valence-electron chi connectivity index (χ1n) is 10.6. The summed E-state index contributed by atoms with van der Waals surface area (Å²) < 4.78 is 12.8. The van der Waals surface area contributed by atoms with E-state index in [0.717, 1.165) is 28.3 Å². The first kappa shape index (κ1) is 25.2. The molecule has 1 amide bonds. The van der Waals surface area contributed by atoms with Crippen molar-refractivity contribution >= 4 is 12.0 Å². The van der Waals surface area contributed by atoms with Crippen molar-refractivity contribution in [1.29, 1.82) is 5.26 Å². The monoisotopic (exact) mass is 438 g/mol. The lowest BCUT2D eigenvalue weighted by atomic mass is 10.1. The van der Waals surface area contributed by atoms with Gasteiger partial charge in [-0.1, -0.05) is 12.1 Å². The molecule has 1 heterocycles. The van der Waals surface area contributed by atoms with Crippen molar-refractivity contribution in [3.05, 3.63) is 58.4 Å². The number of rotatable bonds is 10. The first-order valence-corrected chi connectivity index (χ1v) is 10.6. The van der Waals surface area contributed by atoms with Crippen LogP contribution in [0.4, 0.5) is 0 Å². The largest absolute Gasteiger partial charge is 0.497 e. The topological polar surface area (TPSA) is 79.5 Å². The number of amides is 1. The molecule has 32 heavy (non-hydrogen) atoms. The molecule has 0 aliphatic carbocycles. The predicted octanol–water partition coefficient (Wildman–Crippen LogP) is 3.65. The SMILES string of the molecule is COCC(C)n1c(C)cc(/C=C(\C#N)C(=O)NCC(c2cccc(OC)c2)N(C)C)c1C. The summed E-state index contributed by atoms with van der Waals surface area (Å²) in [4.78, 5) is 14.9. The number of nitrogens with one attached hydrogen (secondary N) is 1. The molecule has 172 valence electrons. The summed E-state index contributed by atoms with van der Waals surface area (Å²) in [5, 5.41) is 12.6. The van der Waals surface area contributed by atoms with Crippen molar-refractivity contribution in [1.82, 2.24) is 14.8 Å². The van der Waals surface area contributed by atoms with Crippen LogP contribution in [0.3, 0.4) is 0 Å². The van der Waals surface area contributed by atoms with E-state index < -0.39 is 5.91 Å². The number of benzene rings is 1. The van der Waals surface area contributed by atoms with Gasteiger partial charge in [0.2, 0.25) is 0 Å². The quantitative estimate of drug-likeness (QED) is 0.452. The Balaban J connectivity index is 2.21. The van der Waals surface area contributed by atoms with E-state index in [0.29, 0.717) is 13.2 Å². The molecule has 0 fully saturated rings. The molecular formula is C25H34N4O3. The second-order valence-corrected chi connectivity index (χ2v) is 8.14. The fourth-order valence-electron chi connectivity index (χ4n) is 3.98. The fourth-order valence-corrected chi connectivity index (χ4v) is 3.98. The molecule has 0 bridgehead atoms. The molecular weight excluding hydrogens is 404 g/mol. The summed E-state index contributed by atoms with van der Waals surface area (Å²) in [5.41, 5.74) is 4.01. The van der Waals surface area contributed by atoms with Crippen molar-refractivity contribution in [3.8, 4) is 11.8 Å². The minimum atomic E-state index is -0.392. The second-order valence-electron chi connectivity index (χ2n) is 8.14. The average Bonchev–Trinajstić information content (AvgIpc) is 3.04. The van der Waals surface area contributed by atoms with Crippen LogP contribution in [0.15, 0.2) is 35.9 Å². The molecule has 7 nitrogen and oxygen atoms in total. The van der Waals surface area contributed by atoms with Gasteiger partial charge in [-0.05, 0) is 70.3 Å². The van der Waals surface area contributed by atoms with E-state index >= 15 is 0 Å². The number of hydrogen-bond acceptors (Lipinski definition) is 5. The number of nitrogens with zero attached hydrogens (tertiary/aromatic N) is 3. The molecule has 2 rings (SSSR count). The van der Waals surface area contributed by atoms with Crippen LogP contribution in [0.1, 0.15) is 41.5 Å². The Hall–Kier alpha value is -3.08. The zero-order chi connectivity index (χ0) is 23.8. The van der Waals surface area contributed by atoms with Crippen molar-refractivity contribution in [2.24, 2.45) is 0 Å². The lowest BCUT2D eigenvalue weighted by Crippen LogP contribution is -2.35. The summed E-state index contributed by atoms with van der Waals surface area (Å²) in [5.74, 6) is 0.369. The molecule has 2 aromatic rings. The van der Waals surface area contributed by atoms with Crippen LogP contribution in [-0.4, -0.2) is 56.8 Å². The molecule has 1 aromatic carbocycles. The molecule has 0 aliphatic heterocycles. The van der Waals surface area contributed by atoms with Gasteiger partial charge in [0.25, 0.3) is 5.91 Å². The van der Waals surface area contributed by atoms with Gasteiger partial charge in [-0.3, -0.25) is 4.79 Å². The van der Waals surface area contributed by atoms with Gasteiger partial charge in [0.1, 0.15) is 17.4 Å². The molecule has 2 atom stereocenters. The lowest BCUT2D eigenvalue weighted by molar-refractivity contribution is -0.117. The summed E-state index contributed by atoms with van der Waals surface area (Å²) >= 11 is 0. The van der Waals surface area contributed by atoms with Crippen LogP contribution in [0, 0.1) is 25.2 Å². The van der Waals surface area contributed by atoms with Gasteiger partial charge < -0.3 is 24.3 Å². The molecule has 0 saturated heterocycles. The Morgan fingerprint density at radius 2 is 2.00 bits per heavy atom. The predicted molar refractivity (Wildman–Crippen MR) is 127 cm³/mol. The van der Waals surface area contributed by atoms with Gasteiger partial charge in [0.15, 0.2) is 0 Å². The van der Waals surface area contributed by atoms with E-state index in [4.69, 9.17) is 9.47 Å². The number of ether oxygens (including phenoxy) is 2. The van der Waals surface area contributed by atoms with Gasteiger partial charge >= 0.3 is 0 Å². The maximum absolute atomic E-state index is 12.8. The number of methoxy groups -OCH3 is 2. The normalized spacial score (nSPS) is 13.5. The van der Waals surface area contributed by atoms with Gasteiger partial charge in [-0.15, -0.1) is 0 Å². The Morgan fingerprint density at radius 1 is 1.28 bits per heavy atom. The number of hydrogen-bond donors (Lipinski definition) is 1. The molecule has 1 N–H and O–H groups in total. The van der Waals surface area contributed by atoms with E-state index in [1.54, 1.807) is 20.3 Å². The highest BCUT2D eigenvalue weighted by molar-refractivity contribution is 6.01. The van der Waals surface area contributed by atoms with Crippen LogP contribution in [0.5, 0.6) is 5.75 Å². The van der Waals surface area contributed by atoms with Crippen LogP contribution in [0.2, 0.25) is 0 Å². The highest BCUT2D eigenvalue weighted by atomic mass is 16.5. The van der Waals surface area contributed by atoms with E-state index in [1.807, 2.05) is 63.2 Å². The number of carbonyl (C=O) groups is 1. The fraction of sp³-hybridized carbons (Fsp3) is 0.440. The van der Waals surface area contributed by atoms with Crippen LogP contribution in [-0.2, 0) is 9.53 Å². The van der Waals surface area contributed by atoms with E-state index in [1.165, 1.54) is 0 Å². The molecule has 2 unspecified atom stereocenters. The Kier molecular flexibility index (Phi) is 9.06. The van der Waals surface area contributed by atoms with Crippen LogP contribution >= 0.6 is 0 Å². The highest BCUT2D eigenvalue weighted by Gasteiger charge is 2.19. The van der Waals surface area contributed by atoms with Crippen LogP contribution in [0.25, 0.3) is 6.08 Å². The molecule has 0 radical (unpaired) electrons. The number of nitriles is 1.